The summed E-state index contributed by atoms with van der Waals surface area (Å²) in [5.41, 5.74) is 3.01. The standard InChI is InChI=1S/C21H23NO4/c1-5-15-11-19(23-3)20(24-4)12-16(15)9-10-22(2)13-17-7-6-8-18-21(17)26-14-25-18/h1,6-8,11-12H,9-10,13-14H2,2-4H3. The Morgan fingerprint density at radius 1 is 1.12 bits per heavy atom. The van der Waals surface area contributed by atoms with E-state index in [-0.39, 0.29) is 6.79 Å². The number of para-hydroxylation sites is 1. The van der Waals surface area contributed by atoms with E-state index < -0.39 is 0 Å². The van der Waals surface area contributed by atoms with Crippen molar-refractivity contribution in [1.29, 1.82) is 0 Å². The summed E-state index contributed by atoms with van der Waals surface area (Å²) < 4.78 is 21.7. The Hall–Kier alpha value is -2.84. The zero-order valence-electron chi connectivity index (χ0n) is 15.4. The first kappa shape index (κ1) is 18.0. The van der Waals surface area contributed by atoms with Gasteiger partial charge in [0.2, 0.25) is 6.79 Å². The monoisotopic (exact) mass is 353 g/mol. The molecule has 0 atom stereocenters. The number of hydrogen-bond donors (Lipinski definition) is 0. The van der Waals surface area contributed by atoms with Crippen LogP contribution < -0.4 is 18.9 Å². The summed E-state index contributed by atoms with van der Waals surface area (Å²) in [6.45, 7) is 1.90. The van der Waals surface area contributed by atoms with Gasteiger partial charge in [0.25, 0.3) is 0 Å². The van der Waals surface area contributed by atoms with Gasteiger partial charge in [0.05, 0.1) is 14.2 Å². The maximum atomic E-state index is 5.67. The van der Waals surface area contributed by atoms with Crippen molar-refractivity contribution < 1.29 is 18.9 Å². The average Bonchev–Trinajstić information content (AvgIpc) is 3.15. The summed E-state index contributed by atoms with van der Waals surface area (Å²) in [7, 11) is 5.31. The first-order valence-corrected chi connectivity index (χ1v) is 8.43. The highest BCUT2D eigenvalue weighted by molar-refractivity contribution is 5.53. The molecule has 1 aliphatic rings. The lowest BCUT2D eigenvalue weighted by atomic mass is 10.0. The van der Waals surface area contributed by atoms with Gasteiger partial charge < -0.3 is 23.8 Å². The van der Waals surface area contributed by atoms with E-state index in [1.165, 1.54) is 0 Å². The highest BCUT2D eigenvalue weighted by atomic mass is 16.7. The lowest BCUT2D eigenvalue weighted by Crippen LogP contribution is -2.21. The van der Waals surface area contributed by atoms with Gasteiger partial charge in [-0.1, -0.05) is 18.1 Å². The molecular weight excluding hydrogens is 330 g/mol. The van der Waals surface area contributed by atoms with Crippen LogP contribution in [-0.2, 0) is 13.0 Å². The number of rotatable bonds is 7. The highest BCUT2D eigenvalue weighted by Gasteiger charge is 2.18. The summed E-state index contributed by atoms with van der Waals surface area (Å²) in [4.78, 5) is 2.23. The van der Waals surface area contributed by atoms with Crippen LogP contribution in [0.1, 0.15) is 16.7 Å². The number of benzene rings is 2. The number of terminal acetylenes is 1. The molecule has 0 saturated heterocycles. The molecule has 0 saturated carbocycles. The van der Waals surface area contributed by atoms with E-state index in [0.29, 0.717) is 11.5 Å². The smallest absolute Gasteiger partial charge is 0.231 e. The van der Waals surface area contributed by atoms with Crippen LogP contribution in [-0.4, -0.2) is 39.5 Å². The van der Waals surface area contributed by atoms with Crippen LogP contribution in [0.2, 0.25) is 0 Å². The van der Waals surface area contributed by atoms with Gasteiger partial charge in [-0.15, -0.1) is 6.42 Å². The van der Waals surface area contributed by atoms with Gasteiger partial charge in [-0.05, 0) is 37.2 Å². The molecule has 5 heteroatoms. The fourth-order valence-electron chi connectivity index (χ4n) is 3.06. The van der Waals surface area contributed by atoms with Crippen LogP contribution >= 0.6 is 0 Å². The number of likely N-dealkylation sites (N-methyl/N-ethyl adjacent to an activating group) is 1. The third kappa shape index (κ3) is 3.71. The minimum atomic E-state index is 0.285. The summed E-state index contributed by atoms with van der Waals surface area (Å²) in [6.07, 6.45) is 6.48. The van der Waals surface area contributed by atoms with Gasteiger partial charge in [-0.3, -0.25) is 0 Å². The molecular formula is C21H23NO4. The molecule has 0 unspecified atom stereocenters. The van der Waals surface area contributed by atoms with Crippen molar-refractivity contribution in [3.63, 3.8) is 0 Å². The fourth-order valence-corrected chi connectivity index (χ4v) is 3.06. The molecule has 0 bridgehead atoms. The largest absolute Gasteiger partial charge is 0.493 e. The van der Waals surface area contributed by atoms with Crippen LogP contribution in [0.25, 0.3) is 0 Å². The predicted octanol–water partition coefficient (Wildman–Crippen LogP) is 3.09. The molecule has 26 heavy (non-hydrogen) atoms. The first-order chi connectivity index (χ1) is 12.7. The van der Waals surface area contributed by atoms with E-state index in [0.717, 1.165) is 47.7 Å². The van der Waals surface area contributed by atoms with E-state index in [1.807, 2.05) is 24.3 Å². The molecule has 3 rings (SSSR count). The minimum Gasteiger partial charge on any atom is -0.493 e. The fraction of sp³-hybridized carbons (Fsp3) is 0.333. The molecule has 0 spiro atoms. The van der Waals surface area contributed by atoms with Gasteiger partial charge in [-0.25, -0.2) is 0 Å². The lowest BCUT2D eigenvalue weighted by molar-refractivity contribution is 0.172. The quantitative estimate of drug-likeness (QED) is 0.716. The van der Waals surface area contributed by atoms with Gasteiger partial charge in [0, 0.05) is 24.2 Å². The SMILES string of the molecule is C#Cc1cc(OC)c(OC)cc1CCN(C)Cc1cccc2c1OCO2. The normalized spacial score (nSPS) is 12.1. The minimum absolute atomic E-state index is 0.285. The highest BCUT2D eigenvalue weighted by Crippen LogP contribution is 2.36. The molecule has 0 aromatic heterocycles. The number of fused-ring (bicyclic) bond motifs is 1. The first-order valence-electron chi connectivity index (χ1n) is 8.43. The summed E-state index contributed by atoms with van der Waals surface area (Å²) in [6, 6.07) is 9.78. The molecule has 0 amide bonds. The van der Waals surface area contributed by atoms with Crippen LogP contribution in [0.3, 0.4) is 0 Å². The molecule has 1 aliphatic heterocycles. The van der Waals surface area contributed by atoms with Crippen molar-refractivity contribution in [3.8, 4) is 35.3 Å². The number of hydrogen-bond acceptors (Lipinski definition) is 5. The summed E-state index contributed by atoms with van der Waals surface area (Å²) in [5.74, 6) is 5.73. The number of methoxy groups -OCH3 is 2. The topological polar surface area (TPSA) is 40.2 Å². The van der Waals surface area contributed by atoms with Crippen molar-refractivity contribution in [3.05, 3.63) is 47.0 Å². The van der Waals surface area contributed by atoms with Crippen molar-refractivity contribution in [2.45, 2.75) is 13.0 Å². The number of nitrogens with zero attached hydrogens (tertiary/aromatic N) is 1. The predicted molar refractivity (Wildman–Crippen MR) is 100 cm³/mol. The second-order valence-corrected chi connectivity index (χ2v) is 6.15. The maximum Gasteiger partial charge on any atom is 0.231 e. The molecule has 0 aliphatic carbocycles. The van der Waals surface area contributed by atoms with Crippen molar-refractivity contribution in [2.24, 2.45) is 0 Å². The molecule has 5 nitrogen and oxygen atoms in total. The molecule has 0 N–H and O–H groups in total. The third-order valence-corrected chi connectivity index (χ3v) is 4.45. The maximum absolute atomic E-state index is 5.67. The summed E-state index contributed by atoms with van der Waals surface area (Å²) in [5, 5.41) is 0. The Bertz CT molecular complexity index is 825. The molecule has 2 aromatic rings. The molecule has 136 valence electrons. The molecule has 2 aromatic carbocycles. The Morgan fingerprint density at radius 2 is 1.88 bits per heavy atom. The lowest BCUT2D eigenvalue weighted by Gasteiger charge is -2.19. The van der Waals surface area contributed by atoms with Gasteiger partial charge in [0.1, 0.15) is 0 Å². The van der Waals surface area contributed by atoms with Crippen molar-refractivity contribution >= 4 is 0 Å². The zero-order chi connectivity index (χ0) is 18.5. The Kier molecular flexibility index (Phi) is 5.55. The van der Waals surface area contributed by atoms with Gasteiger partial charge in [0.15, 0.2) is 23.0 Å². The van der Waals surface area contributed by atoms with Crippen molar-refractivity contribution in [2.75, 3.05) is 34.6 Å². The van der Waals surface area contributed by atoms with E-state index in [1.54, 1.807) is 14.2 Å². The summed E-state index contributed by atoms with van der Waals surface area (Å²) >= 11 is 0. The van der Waals surface area contributed by atoms with Crippen LogP contribution in [0.5, 0.6) is 23.0 Å². The van der Waals surface area contributed by atoms with Crippen LogP contribution in [0, 0.1) is 12.3 Å². The van der Waals surface area contributed by atoms with E-state index in [4.69, 9.17) is 25.4 Å². The van der Waals surface area contributed by atoms with E-state index in [9.17, 15) is 0 Å². The third-order valence-electron chi connectivity index (χ3n) is 4.45. The molecule has 1 heterocycles. The Balaban J connectivity index is 1.69. The van der Waals surface area contributed by atoms with Gasteiger partial charge >= 0.3 is 0 Å². The van der Waals surface area contributed by atoms with Crippen LogP contribution in [0.15, 0.2) is 30.3 Å². The zero-order valence-corrected chi connectivity index (χ0v) is 15.4. The average molecular weight is 353 g/mol. The van der Waals surface area contributed by atoms with Crippen LogP contribution in [0.4, 0.5) is 0 Å². The van der Waals surface area contributed by atoms with Crippen molar-refractivity contribution in [1.82, 2.24) is 4.90 Å². The second kappa shape index (κ2) is 8.03. The van der Waals surface area contributed by atoms with E-state index >= 15 is 0 Å². The molecule has 0 radical (unpaired) electrons. The van der Waals surface area contributed by atoms with E-state index in [2.05, 4.69) is 23.9 Å². The van der Waals surface area contributed by atoms with Gasteiger partial charge in [-0.2, -0.15) is 0 Å². The molecule has 0 fully saturated rings. The number of ether oxygens (including phenoxy) is 4. The second-order valence-electron chi connectivity index (χ2n) is 6.15. The Morgan fingerprint density at radius 3 is 2.62 bits per heavy atom. The Labute approximate surface area is 154 Å².